The highest BCUT2D eigenvalue weighted by atomic mass is 16.6. The van der Waals surface area contributed by atoms with Crippen LogP contribution in [0.5, 0.6) is 0 Å². The first-order valence-corrected chi connectivity index (χ1v) is 12.8. The Bertz CT molecular complexity index is 1100. The molecule has 9 nitrogen and oxygen atoms in total. The van der Waals surface area contributed by atoms with Gasteiger partial charge in [-0.3, -0.25) is 9.59 Å². The number of hydrogen-bond donors (Lipinski definition) is 2. The van der Waals surface area contributed by atoms with E-state index in [9.17, 15) is 24.6 Å². The molecule has 0 spiro atoms. The summed E-state index contributed by atoms with van der Waals surface area (Å²) < 4.78 is 17.2. The fourth-order valence-corrected chi connectivity index (χ4v) is 7.33. The standard InChI is InChI=1S/C27H35NO8/c1-14(29)35-17-11-26(2)16(7-8-18(26)30)20-22(17)27(3)19(13-34-4)36-25(33)15(12-28-9-5-6-10-28)21(27)24(32)23(20)31/h12,16-19,30,32H,5-11,13H2,1-4H3/t16-,17+,18-,19+,26-,27-/m0/s1. The van der Waals surface area contributed by atoms with Crippen LogP contribution in [0.2, 0.25) is 0 Å². The zero-order valence-corrected chi connectivity index (χ0v) is 21.3. The molecule has 0 radical (unpaired) electrons. The number of hydrogen-bond acceptors (Lipinski definition) is 9. The molecule has 0 unspecified atom stereocenters. The maximum Gasteiger partial charge on any atom is 0.340 e. The van der Waals surface area contributed by atoms with E-state index in [1.165, 1.54) is 14.0 Å². The second-order valence-electron chi connectivity index (χ2n) is 11.2. The number of aliphatic hydroxyl groups excluding tert-OH is 2. The maximum atomic E-state index is 13.9. The predicted molar refractivity (Wildman–Crippen MR) is 127 cm³/mol. The lowest BCUT2D eigenvalue weighted by atomic mass is 9.53. The van der Waals surface area contributed by atoms with Gasteiger partial charge in [-0.25, -0.2) is 4.79 Å². The predicted octanol–water partition coefficient (Wildman–Crippen LogP) is 2.35. The van der Waals surface area contributed by atoms with Gasteiger partial charge in [-0.1, -0.05) is 6.92 Å². The molecule has 2 saturated heterocycles. The van der Waals surface area contributed by atoms with Crippen molar-refractivity contribution in [3.8, 4) is 0 Å². The Balaban J connectivity index is 1.76. The van der Waals surface area contributed by atoms with Gasteiger partial charge in [0.15, 0.2) is 5.76 Å². The highest BCUT2D eigenvalue weighted by molar-refractivity contribution is 6.13. The van der Waals surface area contributed by atoms with Crippen molar-refractivity contribution in [1.82, 2.24) is 4.90 Å². The summed E-state index contributed by atoms with van der Waals surface area (Å²) in [6.45, 7) is 6.61. The van der Waals surface area contributed by atoms with E-state index in [0.717, 1.165) is 25.9 Å². The van der Waals surface area contributed by atoms with Gasteiger partial charge in [0.25, 0.3) is 0 Å². The summed E-state index contributed by atoms with van der Waals surface area (Å²) in [6.07, 6.45) is 2.70. The molecule has 0 aromatic carbocycles. The van der Waals surface area contributed by atoms with Gasteiger partial charge in [-0.05, 0) is 50.5 Å². The Morgan fingerprint density at radius 2 is 1.92 bits per heavy atom. The molecule has 3 fully saturated rings. The number of esters is 2. The van der Waals surface area contributed by atoms with Crippen LogP contribution in [0.15, 0.2) is 34.3 Å². The number of nitrogens with zero attached hydrogens (tertiary/aromatic N) is 1. The summed E-state index contributed by atoms with van der Waals surface area (Å²) in [5.74, 6) is -2.51. The van der Waals surface area contributed by atoms with Crippen LogP contribution in [0.25, 0.3) is 0 Å². The molecule has 5 rings (SSSR count). The molecular formula is C27H35NO8. The molecule has 3 aliphatic carbocycles. The number of rotatable bonds is 4. The highest BCUT2D eigenvalue weighted by Crippen LogP contribution is 2.63. The highest BCUT2D eigenvalue weighted by Gasteiger charge is 2.64. The van der Waals surface area contributed by atoms with Crippen LogP contribution in [0.3, 0.4) is 0 Å². The number of aliphatic hydroxyl groups is 2. The number of carbonyl (C=O) groups excluding carboxylic acids is 3. The molecule has 196 valence electrons. The van der Waals surface area contributed by atoms with Crippen molar-refractivity contribution in [2.75, 3.05) is 26.8 Å². The lowest BCUT2D eigenvalue weighted by molar-refractivity contribution is -0.161. The molecular weight excluding hydrogens is 466 g/mol. The summed E-state index contributed by atoms with van der Waals surface area (Å²) in [4.78, 5) is 41.4. The van der Waals surface area contributed by atoms with Gasteiger partial charge in [0.1, 0.15) is 12.2 Å². The molecule has 0 amide bonds. The van der Waals surface area contributed by atoms with Crippen LogP contribution in [-0.2, 0) is 28.6 Å². The van der Waals surface area contributed by atoms with Gasteiger partial charge in [0.2, 0.25) is 5.78 Å². The van der Waals surface area contributed by atoms with Gasteiger partial charge in [0, 0.05) is 49.9 Å². The second-order valence-corrected chi connectivity index (χ2v) is 11.2. The molecule has 9 heteroatoms. The lowest BCUT2D eigenvalue weighted by Gasteiger charge is -2.54. The van der Waals surface area contributed by atoms with Crippen molar-refractivity contribution in [3.05, 3.63) is 34.3 Å². The summed E-state index contributed by atoms with van der Waals surface area (Å²) in [6, 6.07) is 0. The Hall–Kier alpha value is -2.65. The Morgan fingerprint density at radius 1 is 1.22 bits per heavy atom. The number of ether oxygens (including phenoxy) is 3. The molecule has 0 aromatic heterocycles. The number of cyclic esters (lactones) is 1. The topological polar surface area (TPSA) is 123 Å². The molecule has 2 N–H and O–H groups in total. The van der Waals surface area contributed by atoms with Crippen molar-refractivity contribution >= 4 is 17.7 Å². The van der Waals surface area contributed by atoms with Crippen LogP contribution >= 0.6 is 0 Å². The minimum Gasteiger partial charge on any atom is -0.504 e. The number of likely N-dealkylation sites (tertiary alicyclic amines) is 1. The van der Waals surface area contributed by atoms with E-state index in [1.54, 1.807) is 6.20 Å². The van der Waals surface area contributed by atoms with Crippen LogP contribution in [-0.4, -0.2) is 78.0 Å². The minimum atomic E-state index is -1.17. The van der Waals surface area contributed by atoms with Crippen molar-refractivity contribution < 1.29 is 38.8 Å². The van der Waals surface area contributed by atoms with E-state index in [0.29, 0.717) is 30.4 Å². The van der Waals surface area contributed by atoms with Gasteiger partial charge in [0.05, 0.1) is 23.7 Å². The van der Waals surface area contributed by atoms with E-state index in [-0.39, 0.29) is 23.7 Å². The van der Waals surface area contributed by atoms with Gasteiger partial charge in [-0.2, -0.15) is 0 Å². The first-order chi connectivity index (χ1) is 17.0. The normalized spacial score (nSPS) is 39.2. The monoisotopic (exact) mass is 501 g/mol. The number of fused-ring (bicyclic) bond motifs is 4. The fraction of sp³-hybridized carbons (Fsp3) is 0.667. The molecule has 0 aromatic rings. The van der Waals surface area contributed by atoms with Crippen molar-refractivity contribution in [2.45, 2.75) is 71.2 Å². The molecule has 1 saturated carbocycles. The molecule has 6 atom stereocenters. The quantitative estimate of drug-likeness (QED) is 0.441. The van der Waals surface area contributed by atoms with E-state index < -0.39 is 52.6 Å². The third-order valence-corrected chi connectivity index (χ3v) is 9.11. The fourth-order valence-electron chi connectivity index (χ4n) is 7.33. The zero-order chi connectivity index (χ0) is 26.0. The van der Waals surface area contributed by atoms with Crippen LogP contribution in [0.4, 0.5) is 0 Å². The van der Waals surface area contributed by atoms with Crippen LogP contribution in [0.1, 0.15) is 52.9 Å². The van der Waals surface area contributed by atoms with E-state index in [2.05, 4.69) is 0 Å². The number of carbonyl (C=O) groups is 3. The van der Waals surface area contributed by atoms with Crippen LogP contribution < -0.4 is 0 Å². The van der Waals surface area contributed by atoms with E-state index in [1.807, 2.05) is 18.7 Å². The van der Waals surface area contributed by atoms with Gasteiger partial charge >= 0.3 is 11.9 Å². The largest absolute Gasteiger partial charge is 0.504 e. The second kappa shape index (κ2) is 8.73. The van der Waals surface area contributed by atoms with Crippen molar-refractivity contribution in [3.63, 3.8) is 0 Å². The van der Waals surface area contributed by atoms with Crippen molar-refractivity contribution in [1.29, 1.82) is 0 Å². The Labute approximate surface area is 210 Å². The van der Waals surface area contributed by atoms with E-state index >= 15 is 0 Å². The molecule has 36 heavy (non-hydrogen) atoms. The summed E-state index contributed by atoms with van der Waals surface area (Å²) in [5, 5.41) is 22.4. The van der Waals surface area contributed by atoms with Crippen molar-refractivity contribution in [2.24, 2.45) is 16.7 Å². The maximum absolute atomic E-state index is 13.9. The Kier molecular flexibility index (Phi) is 6.07. The third-order valence-electron chi connectivity index (χ3n) is 9.11. The smallest absolute Gasteiger partial charge is 0.340 e. The number of Topliss-reactive ketones (excluding diaryl/α,β-unsaturated/α-hetero) is 1. The van der Waals surface area contributed by atoms with Crippen LogP contribution in [0, 0.1) is 16.7 Å². The summed E-state index contributed by atoms with van der Waals surface area (Å²) in [5.41, 5.74) is -0.596. The number of allylic oxidation sites excluding steroid dienone is 1. The molecule has 0 bridgehead atoms. The average molecular weight is 502 g/mol. The first-order valence-electron chi connectivity index (χ1n) is 12.8. The lowest BCUT2D eigenvalue weighted by Crippen LogP contribution is -2.57. The molecule has 2 heterocycles. The van der Waals surface area contributed by atoms with Gasteiger partial charge < -0.3 is 29.3 Å². The van der Waals surface area contributed by atoms with Gasteiger partial charge in [-0.15, -0.1) is 0 Å². The molecule has 2 aliphatic heterocycles. The summed E-state index contributed by atoms with van der Waals surface area (Å²) >= 11 is 0. The zero-order valence-electron chi connectivity index (χ0n) is 21.3. The minimum absolute atomic E-state index is 0.0261. The SMILES string of the molecule is COC[C@H]1OC(=O)C(=CN2CCCC2)C2=C(O)C(=O)C3=C([C@H](OC(C)=O)C[C@]4(C)[C@@H](O)CC[C@@H]34)[C@]21C. The average Bonchev–Trinajstić information content (AvgIpc) is 3.42. The Morgan fingerprint density at radius 3 is 2.56 bits per heavy atom. The molecule has 5 aliphatic rings. The number of methoxy groups -OCH3 is 1. The van der Waals surface area contributed by atoms with E-state index in [4.69, 9.17) is 14.2 Å². The summed E-state index contributed by atoms with van der Waals surface area (Å²) in [7, 11) is 1.49. The first kappa shape index (κ1) is 25.0. The third kappa shape index (κ3) is 3.46. The number of ketones is 1.